The van der Waals surface area contributed by atoms with Crippen LogP contribution in [-0.4, -0.2) is 84.7 Å². The van der Waals surface area contributed by atoms with Crippen LogP contribution < -0.4 is 10.6 Å². The molecule has 1 amide bonds. The lowest BCUT2D eigenvalue weighted by molar-refractivity contribution is -0.119. The van der Waals surface area contributed by atoms with E-state index in [1.54, 1.807) is 11.3 Å². The average Bonchev–Trinajstić information content (AvgIpc) is 3.12. The summed E-state index contributed by atoms with van der Waals surface area (Å²) < 4.78 is 5.50. The van der Waals surface area contributed by atoms with Crippen LogP contribution in [0.3, 0.4) is 0 Å². The third kappa shape index (κ3) is 5.16. The minimum Gasteiger partial charge on any atom is -0.379 e. The molecule has 8 nitrogen and oxygen atoms in total. The van der Waals surface area contributed by atoms with Gasteiger partial charge in [-0.15, -0.1) is 11.3 Å². The summed E-state index contributed by atoms with van der Waals surface area (Å²) in [6, 6.07) is 10.5. The molecule has 174 valence electrons. The monoisotopic (exact) mass is 466 g/mol. The van der Waals surface area contributed by atoms with Crippen LogP contribution in [0.2, 0.25) is 0 Å². The molecule has 2 saturated heterocycles. The van der Waals surface area contributed by atoms with Gasteiger partial charge in [-0.2, -0.15) is 0 Å². The maximum atomic E-state index is 11.4. The Kier molecular flexibility index (Phi) is 6.82. The van der Waals surface area contributed by atoms with Gasteiger partial charge in [0.25, 0.3) is 0 Å². The highest BCUT2D eigenvalue weighted by Crippen LogP contribution is 2.38. The van der Waals surface area contributed by atoms with Crippen molar-refractivity contribution in [1.29, 1.82) is 0 Å². The number of primary amides is 1. The maximum absolute atomic E-state index is 11.4. The van der Waals surface area contributed by atoms with Crippen molar-refractivity contribution in [3.8, 4) is 11.1 Å². The van der Waals surface area contributed by atoms with Crippen molar-refractivity contribution in [2.45, 2.75) is 13.0 Å². The van der Waals surface area contributed by atoms with E-state index in [1.165, 1.54) is 11.1 Å². The van der Waals surface area contributed by atoms with Crippen molar-refractivity contribution < 1.29 is 9.53 Å². The lowest BCUT2D eigenvalue weighted by Crippen LogP contribution is -2.37. The number of aromatic nitrogens is 2. The number of morpholine rings is 1. The molecule has 2 N–H and O–H groups in total. The molecule has 0 spiro atoms. The number of carbonyl (C=O) groups is 1. The van der Waals surface area contributed by atoms with Crippen molar-refractivity contribution in [1.82, 2.24) is 19.8 Å². The van der Waals surface area contributed by atoms with Gasteiger partial charge in [0.1, 0.15) is 16.5 Å². The van der Waals surface area contributed by atoms with Crippen LogP contribution in [0.15, 0.2) is 35.7 Å². The highest BCUT2D eigenvalue weighted by atomic mass is 32.1. The number of fused-ring (bicyclic) bond motifs is 1. The quantitative estimate of drug-likeness (QED) is 0.596. The zero-order valence-corrected chi connectivity index (χ0v) is 19.6. The molecule has 0 unspecified atom stereocenters. The molecule has 0 bridgehead atoms. The van der Waals surface area contributed by atoms with Crippen LogP contribution >= 0.6 is 11.3 Å². The minimum absolute atomic E-state index is 0.273. The van der Waals surface area contributed by atoms with Crippen LogP contribution in [-0.2, 0) is 16.1 Å². The van der Waals surface area contributed by atoms with Crippen molar-refractivity contribution in [2.24, 2.45) is 5.73 Å². The second-order valence-electron chi connectivity index (χ2n) is 8.63. The van der Waals surface area contributed by atoms with Crippen molar-refractivity contribution >= 4 is 33.3 Å². The topological polar surface area (TPSA) is 87.8 Å². The van der Waals surface area contributed by atoms with Gasteiger partial charge in [0.05, 0.1) is 31.7 Å². The summed E-state index contributed by atoms with van der Waals surface area (Å²) in [4.78, 5) is 29.4. The van der Waals surface area contributed by atoms with E-state index in [1.807, 2.05) is 6.07 Å². The van der Waals surface area contributed by atoms with Gasteiger partial charge >= 0.3 is 0 Å². The summed E-state index contributed by atoms with van der Waals surface area (Å²) >= 11 is 1.68. The van der Waals surface area contributed by atoms with Crippen molar-refractivity contribution in [3.63, 3.8) is 0 Å². The highest BCUT2D eigenvalue weighted by Gasteiger charge is 2.24. The van der Waals surface area contributed by atoms with E-state index in [9.17, 15) is 4.79 Å². The number of hydrogen-bond acceptors (Lipinski definition) is 8. The Morgan fingerprint density at radius 2 is 1.82 bits per heavy atom. The van der Waals surface area contributed by atoms with E-state index in [4.69, 9.17) is 20.4 Å². The second kappa shape index (κ2) is 10.1. The molecule has 4 heterocycles. The molecule has 0 atom stereocenters. The molecule has 9 heteroatoms. The number of anilines is 1. The molecule has 3 aromatic rings. The Hall–Kier alpha value is -2.59. The summed E-state index contributed by atoms with van der Waals surface area (Å²) in [6.45, 7) is 7.71. The molecule has 0 aliphatic carbocycles. The fourth-order valence-corrected chi connectivity index (χ4v) is 5.58. The summed E-state index contributed by atoms with van der Waals surface area (Å²) in [5.41, 5.74) is 7.81. The normalized spacial score (nSPS) is 18.5. The lowest BCUT2D eigenvalue weighted by atomic mass is 10.1. The molecular formula is C24H30N6O2S. The second-order valence-corrected chi connectivity index (χ2v) is 9.49. The first-order valence-electron chi connectivity index (χ1n) is 11.6. The molecule has 2 aromatic heterocycles. The number of carbonyl (C=O) groups excluding carboxylic acids is 1. The van der Waals surface area contributed by atoms with Gasteiger partial charge in [0.2, 0.25) is 5.91 Å². The summed E-state index contributed by atoms with van der Waals surface area (Å²) in [5, 5.41) is 3.33. The molecule has 0 radical (unpaired) electrons. The van der Waals surface area contributed by atoms with Gasteiger partial charge in [-0.1, -0.05) is 30.3 Å². The van der Waals surface area contributed by atoms with Crippen LogP contribution in [0.5, 0.6) is 0 Å². The predicted molar refractivity (Wildman–Crippen MR) is 131 cm³/mol. The van der Waals surface area contributed by atoms with E-state index in [0.29, 0.717) is 6.54 Å². The third-order valence-corrected chi connectivity index (χ3v) is 7.15. The van der Waals surface area contributed by atoms with Crippen LogP contribution in [0.4, 0.5) is 5.82 Å². The molecule has 5 rings (SSSR count). The Labute approximate surface area is 198 Å². The first-order valence-corrected chi connectivity index (χ1v) is 12.4. The summed E-state index contributed by atoms with van der Waals surface area (Å²) in [6.07, 6.45) is 0.961. The Bertz CT molecular complexity index is 1100. The predicted octanol–water partition coefficient (Wildman–Crippen LogP) is 2.19. The molecule has 33 heavy (non-hydrogen) atoms. The standard InChI is InChI=1S/C24H30N6O2S/c25-20(31)15-28-7-4-8-30(10-9-28)23-22-19(18-5-2-1-3-6-18)17-33-24(22)27-21(26-23)16-29-11-13-32-14-12-29/h1-3,5-6,17H,4,7-16H2,(H2,25,31). The molecule has 2 aliphatic heterocycles. The zero-order valence-electron chi connectivity index (χ0n) is 18.8. The summed E-state index contributed by atoms with van der Waals surface area (Å²) in [7, 11) is 0. The van der Waals surface area contributed by atoms with Gasteiger partial charge in [-0.25, -0.2) is 9.97 Å². The Morgan fingerprint density at radius 3 is 2.61 bits per heavy atom. The average molecular weight is 467 g/mol. The van der Waals surface area contributed by atoms with E-state index in [-0.39, 0.29) is 5.91 Å². The number of nitrogens with zero attached hydrogens (tertiary/aromatic N) is 5. The number of hydrogen-bond donors (Lipinski definition) is 1. The van der Waals surface area contributed by atoms with E-state index < -0.39 is 0 Å². The Morgan fingerprint density at radius 1 is 1.00 bits per heavy atom. The van der Waals surface area contributed by atoms with Gasteiger partial charge in [-0.3, -0.25) is 14.6 Å². The third-order valence-electron chi connectivity index (χ3n) is 6.28. The van der Waals surface area contributed by atoms with E-state index >= 15 is 0 Å². The Balaban J connectivity index is 1.52. The van der Waals surface area contributed by atoms with Crippen LogP contribution in [0.1, 0.15) is 12.2 Å². The number of nitrogens with two attached hydrogens (primary N) is 1. The van der Waals surface area contributed by atoms with Crippen molar-refractivity contribution in [2.75, 3.05) is 63.9 Å². The molecule has 2 fully saturated rings. The molecular weight excluding hydrogens is 436 g/mol. The molecule has 2 aliphatic rings. The van der Waals surface area contributed by atoms with Gasteiger partial charge in [-0.05, 0) is 12.0 Å². The highest BCUT2D eigenvalue weighted by molar-refractivity contribution is 7.17. The fraction of sp³-hybridized carbons (Fsp3) is 0.458. The van der Waals surface area contributed by atoms with Gasteiger partial charge in [0, 0.05) is 50.2 Å². The number of thiophene rings is 1. The fourth-order valence-electron chi connectivity index (χ4n) is 4.62. The first-order chi connectivity index (χ1) is 16.2. The van der Waals surface area contributed by atoms with E-state index in [2.05, 4.69) is 44.3 Å². The van der Waals surface area contributed by atoms with Gasteiger partial charge < -0.3 is 15.4 Å². The smallest absolute Gasteiger partial charge is 0.231 e. The number of amides is 1. The van der Waals surface area contributed by atoms with Crippen LogP contribution in [0.25, 0.3) is 21.3 Å². The van der Waals surface area contributed by atoms with Gasteiger partial charge in [0.15, 0.2) is 0 Å². The number of benzene rings is 1. The SMILES string of the molecule is NC(=O)CN1CCCN(c2nc(CN3CCOCC3)nc3scc(-c4ccccc4)c23)CC1. The number of rotatable bonds is 6. The zero-order chi connectivity index (χ0) is 22.6. The van der Waals surface area contributed by atoms with E-state index in [0.717, 1.165) is 87.3 Å². The molecule has 0 saturated carbocycles. The maximum Gasteiger partial charge on any atom is 0.231 e. The minimum atomic E-state index is -0.273. The lowest BCUT2D eigenvalue weighted by Gasteiger charge is -2.27. The van der Waals surface area contributed by atoms with Crippen molar-refractivity contribution in [3.05, 3.63) is 41.5 Å². The largest absolute Gasteiger partial charge is 0.379 e. The summed E-state index contributed by atoms with van der Waals surface area (Å²) in [5.74, 6) is 1.59. The molecule has 1 aromatic carbocycles. The first kappa shape index (κ1) is 22.2. The van der Waals surface area contributed by atoms with Crippen LogP contribution in [0, 0.1) is 0 Å². The number of ether oxygens (including phenoxy) is 1.